The minimum atomic E-state index is -0.386. The van der Waals surface area contributed by atoms with Crippen molar-refractivity contribution in [2.75, 3.05) is 6.79 Å². The van der Waals surface area contributed by atoms with E-state index in [4.69, 9.17) is 28.1 Å². The first kappa shape index (κ1) is 24.1. The molecule has 0 saturated carbocycles. The van der Waals surface area contributed by atoms with Crippen LogP contribution in [0.3, 0.4) is 0 Å². The van der Waals surface area contributed by atoms with Crippen LogP contribution in [0.2, 0.25) is 0 Å². The lowest BCUT2D eigenvalue weighted by Crippen LogP contribution is -2.41. The van der Waals surface area contributed by atoms with Crippen LogP contribution in [0.25, 0.3) is 0 Å². The highest BCUT2D eigenvalue weighted by Crippen LogP contribution is 2.37. The van der Waals surface area contributed by atoms with Crippen molar-refractivity contribution < 1.29 is 28.1 Å². The van der Waals surface area contributed by atoms with Gasteiger partial charge in [0.2, 0.25) is 6.79 Å². The minimum Gasteiger partial charge on any atom is -0.458 e. The third-order valence-electron chi connectivity index (χ3n) is 7.26. The summed E-state index contributed by atoms with van der Waals surface area (Å²) in [5.74, 6) is 1.42. The number of hydrogen-bond acceptors (Lipinski definition) is 6. The molecule has 33 heavy (non-hydrogen) atoms. The van der Waals surface area contributed by atoms with Crippen LogP contribution in [0.5, 0.6) is 11.5 Å². The molecule has 0 aliphatic carbocycles. The highest BCUT2D eigenvalue weighted by Gasteiger charge is 2.52. The first-order valence-corrected chi connectivity index (χ1v) is 11.5. The Kier molecular flexibility index (Phi) is 6.11. The molecular formula is C25H34B2O6. The Morgan fingerprint density at radius 1 is 0.515 bits per heavy atom. The molecule has 0 spiro atoms. The molecule has 2 heterocycles. The molecule has 2 saturated heterocycles. The van der Waals surface area contributed by atoms with E-state index in [1.807, 2.05) is 104 Å². The SMILES string of the molecule is CC1(C)OB(c2ccc(OCOc3ccc(B4OC(C)(C)C(C)(C)O4)cc3)cc2)OC1(C)C. The molecule has 8 heteroatoms. The maximum atomic E-state index is 6.09. The molecule has 0 unspecified atom stereocenters. The molecule has 2 aliphatic rings. The number of rotatable bonds is 6. The first-order valence-electron chi connectivity index (χ1n) is 11.5. The highest BCUT2D eigenvalue weighted by atomic mass is 16.7. The number of ether oxygens (including phenoxy) is 2. The van der Waals surface area contributed by atoms with Gasteiger partial charge >= 0.3 is 14.2 Å². The van der Waals surface area contributed by atoms with Crippen molar-refractivity contribution in [2.24, 2.45) is 0 Å². The van der Waals surface area contributed by atoms with Gasteiger partial charge in [-0.05, 0) is 90.6 Å². The molecule has 2 aliphatic heterocycles. The van der Waals surface area contributed by atoms with E-state index >= 15 is 0 Å². The number of benzene rings is 2. The molecule has 0 N–H and O–H groups in total. The first-order chi connectivity index (χ1) is 15.3. The Morgan fingerprint density at radius 3 is 1.06 bits per heavy atom. The van der Waals surface area contributed by atoms with Gasteiger partial charge in [0.1, 0.15) is 11.5 Å². The lowest BCUT2D eigenvalue weighted by Gasteiger charge is -2.32. The lowest BCUT2D eigenvalue weighted by atomic mass is 9.79. The van der Waals surface area contributed by atoms with Crippen LogP contribution in [-0.2, 0) is 18.6 Å². The quantitative estimate of drug-likeness (QED) is 0.493. The van der Waals surface area contributed by atoms with Crippen molar-refractivity contribution in [2.45, 2.75) is 77.8 Å². The average molecular weight is 452 g/mol. The van der Waals surface area contributed by atoms with E-state index in [1.165, 1.54) is 0 Å². The summed E-state index contributed by atoms with van der Waals surface area (Å²) >= 11 is 0. The summed E-state index contributed by atoms with van der Waals surface area (Å²) in [7, 11) is -0.773. The molecule has 2 aromatic rings. The van der Waals surface area contributed by atoms with Gasteiger partial charge in [0.25, 0.3) is 0 Å². The molecule has 2 fully saturated rings. The van der Waals surface area contributed by atoms with E-state index in [0.717, 1.165) is 10.9 Å². The van der Waals surface area contributed by atoms with Crippen LogP contribution in [0.1, 0.15) is 55.4 Å². The van der Waals surface area contributed by atoms with E-state index in [9.17, 15) is 0 Å². The summed E-state index contributed by atoms with van der Waals surface area (Å²) in [6.45, 7) is 16.5. The second-order valence-corrected chi connectivity index (χ2v) is 10.7. The van der Waals surface area contributed by atoms with E-state index in [0.29, 0.717) is 11.5 Å². The average Bonchev–Trinajstić information content (AvgIpc) is 3.08. The zero-order valence-electron chi connectivity index (χ0n) is 20.9. The fourth-order valence-electron chi connectivity index (χ4n) is 3.57. The van der Waals surface area contributed by atoms with Crippen LogP contribution in [0.4, 0.5) is 0 Å². The van der Waals surface area contributed by atoms with Crippen molar-refractivity contribution >= 4 is 25.2 Å². The fraction of sp³-hybridized carbons (Fsp3) is 0.520. The minimum absolute atomic E-state index is 0.103. The third kappa shape index (κ3) is 4.80. The van der Waals surface area contributed by atoms with Gasteiger partial charge in [0, 0.05) is 0 Å². The topological polar surface area (TPSA) is 55.4 Å². The molecule has 4 rings (SSSR count). The molecular weight excluding hydrogens is 418 g/mol. The van der Waals surface area contributed by atoms with Crippen molar-refractivity contribution in [3.05, 3.63) is 48.5 Å². The van der Waals surface area contributed by atoms with Gasteiger partial charge in [-0.2, -0.15) is 0 Å². The van der Waals surface area contributed by atoms with Gasteiger partial charge < -0.3 is 28.1 Å². The smallest absolute Gasteiger partial charge is 0.458 e. The van der Waals surface area contributed by atoms with Gasteiger partial charge in [-0.1, -0.05) is 24.3 Å². The Hall–Kier alpha value is -1.99. The van der Waals surface area contributed by atoms with Crippen LogP contribution in [0.15, 0.2) is 48.5 Å². The zero-order valence-corrected chi connectivity index (χ0v) is 20.9. The van der Waals surface area contributed by atoms with Gasteiger partial charge in [-0.15, -0.1) is 0 Å². The summed E-state index contributed by atoms with van der Waals surface area (Å²) in [5.41, 5.74) is 0.467. The molecule has 6 nitrogen and oxygen atoms in total. The second kappa shape index (κ2) is 8.35. The highest BCUT2D eigenvalue weighted by molar-refractivity contribution is 6.62. The van der Waals surface area contributed by atoms with Crippen molar-refractivity contribution in [1.29, 1.82) is 0 Å². The summed E-state index contributed by atoms with van der Waals surface area (Å²) in [6.07, 6.45) is 0. The molecule has 0 amide bonds. The summed E-state index contributed by atoms with van der Waals surface area (Å²) in [6, 6.07) is 15.4. The zero-order chi connectivity index (χ0) is 24.1. The van der Waals surface area contributed by atoms with Gasteiger partial charge in [-0.25, -0.2) is 0 Å². The summed E-state index contributed by atoms with van der Waals surface area (Å²) < 4.78 is 35.9. The second-order valence-electron chi connectivity index (χ2n) is 10.7. The molecule has 0 atom stereocenters. The molecule has 0 bridgehead atoms. The standard InChI is InChI=1S/C25H34B2O6/c1-22(2)23(3,4)31-26(30-22)18-9-13-20(14-10-18)28-17-29-21-15-11-19(12-16-21)27-32-24(5,6)25(7,8)33-27/h9-16H,17H2,1-8H3. The maximum absolute atomic E-state index is 6.09. The van der Waals surface area contributed by atoms with Crippen molar-refractivity contribution in [3.8, 4) is 11.5 Å². The van der Waals surface area contributed by atoms with Gasteiger partial charge in [0.15, 0.2) is 0 Å². The van der Waals surface area contributed by atoms with E-state index in [2.05, 4.69) is 0 Å². The maximum Gasteiger partial charge on any atom is 0.494 e. The van der Waals surface area contributed by atoms with Crippen LogP contribution in [0, 0.1) is 0 Å². The summed E-state index contributed by atoms with van der Waals surface area (Å²) in [4.78, 5) is 0. The Morgan fingerprint density at radius 2 is 0.788 bits per heavy atom. The van der Waals surface area contributed by atoms with E-state index in [1.54, 1.807) is 0 Å². The van der Waals surface area contributed by atoms with Crippen LogP contribution >= 0.6 is 0 Å². The molecule has 2 aromatic carbocycles. The van der Waals surface area contributed by atoms with Gasteiger partial charge in [-0.3, -0.25) is 0 Å². The van der Waals surface area contributed by atoms with Crippen LogP contribution < -0.4 is 20.4 Å². The molecule has 0 aromatic heterocycles. The van der Waals surface area contributed by atoms with Crippen molar-refractivity contribution in [1.82, 2.24) is 0 Å². The third-order valence-corrected chi connectivity index (χ3v) is 7.26. The summed E-state index contributed by atoms with van der Waals surface area (Å²) in [5, 5.41) is 0. The van der Waals surface area contributed by atoms with Gasteiger partial charge in [0.05, 0.1) is 22.4 Å². The van der Waals surface area contributed by atoms with E-state index in [-0.39, 0.29) is 43.4 Å². The normalized spacial score (nSPS) is 22.4. The Balaban J connectivity index is 1.28. The Labute approximate surface area is 198 Å². The molecule has 176 valence electrons. The predicted octanol–water partition coefficient (Wildman–Crippen LogP) is 3.70. The predicted molar refractivity (Wildman–Crippen MR) is 130 cm³/mol. The fourth-order valence-corrected chi connectivity index (χ4v) is 3.57. The van der Waals surface area contributed by atoms with E-state index < -0.39 is 0 Å². The van der Waals surface area contributed by atoms with Crippen LogP contribution in [-0.4, -0.2) is 43.4 Å². The largest absolute Gasteiger partial charge is 0.494 e. The number of hydrogen-bond donors (Lipinski definition) is 0. The monoisotopic (exact) mass is 452 g/mol. The Bertz CT molecular complexity index is 858. The lowest BCUT2D eigenvalue weighted by molar-refractivity contribution is 0.00578. The molecule has 0 radical (unpaired) electrons. The van der Waals surface area contributed by atoms with Crippen molar-refractivity contribution in [3.63, 3.8) is 0 Å².